The predicted molar refractivity (Wildman–Crippen MR) is 108 cm³/mol. The van der Waals surface area contributed by atoms with Crippen molar-refractivity contribution in [1.82, 2.24) is 0 Å². The zero-order valence-electron chi connectivity index (χ0n) is 16.7. The highest BCUT2D eigenvalue weighted by Crippen LogP contribution is 2.27. The van der Waals surface area contributed by atoms with E-state index in [9.17, 15) is 9.59 Å². The number of aromatic carboxylic acids is 2. The summed E-state index contributed by atoms with van der Waals surface area (Å²) < 4.78 is 0. The van der Waals surface area contributed by atoms with E-state index < -0.39 is 18.2 Å². The van der Waals surface area contributed by atoms with Crippen LogP contribution in [0, 0.1) is 11.3 Å². The molecular formula is C22H30O6. The van der Waals surface area contributed by atoms with Crippen LogP contribution in [0.2, 0.25) is 0 Å². The molecular weight excluding hydrogens is 360 g/mol. The lowest BCUT2D eigenvalue weighted by Crippen LogP contribution is -2.30. The SMILES string of the molecule is CC(C)CC(C)(C)C(O)O.O=C(O)c1ccccc1.O=C(O)c1ccccc1. The Kier molecular flexibility index (Phi) is 11.4. The Morgan fingerprint density at radius 2 is 1.11 bits per heavy atom. The highest BCUT2D eigenvalue weighted by atomic mass is 16.5. The third-order valence-electron chi connectivity index (χ3n) is 3.67. The smallest absolute Gasteiger partial charge is 0.335 e. The molecule has 154 valence electrons. The molecule has 0 aromatic heterocycles. The van der Waals surface area contributed by atoms with Gasteiger partial charge in [0.2, 0.25) is 0 Å². The van der Waals surface area contributed by atoms with Crippen molar-refractivity contribution in [3.05, 3.63) is 71.8 Å². The summed E-state index contributed by atoms with van der Waals surface area (Å²) in [5.41, 5.74) is 0.295. The van der Waals surface area contributed by atoms with Crippen molar-refractivity contribution < 1.29 is 30.0 Å². The van der Waals surface area contributed by atoms with Crippen LogP contribution in [0.1, 0.15) is 54.8 Å². The number of carbonyl (C=O) groups is 2. The second kappa shape index (κ2) is 12.6. The Morgan fingerprint density at radius 3 is 1.25 bits per heavy atom. The number of aliphatic hydroxyl groups is 2. The van der Waals surface area contributed by atoms with Crippen LogP contribution in [-0.2, 0) is 0 Å². The van der Waals surface area contributed by atoms with Gasteiger partial charge in [0, 0.05) is 5.41 Å². The van der Waals surface area contributed by atoms with Crippen molar-refractivity contribution in [2.75, 3.05) is 0 Å². The third-order valence-corrected chi connectivity index (χ3v) is 3.67. The van der Waals surface area contributed by atoms with E-state index in [-0.39, 0.29) is 5.41 Å². The first-order valence-electron chi connectivity index (χ1n) is 8.90. The largest absolute Gasteiger partial charge is 0.478 e. The van der Waals surface area contributed by atoms with Crippen LogP contribution in [0.15, 0.2) is 60.7 Å². The fourth-order valence-corrected chi connectivity index (χ4v) is 2.32. The second-order valence-corrected chi connectivity index (χ2v) is 7.30. The van der Waals surface area contributed by atoms with Gasteiger partial charge in [-0.3, -0.25) is 0 Å². The summed E-state index contributed by atoms with van der Waals surface area (Å²) in [5.74, 6) is -1.25. The highest BCUT2D eigenvalue weighted by Gasteiger charge is 2.26. The van der Waals surface area contributed by atoms with E-state index in [1.54, 1.807) is 60.7 Å². The summed E-state index contributed by atoms with van der Waals surface area (Å²) in [6.45, 7) is 7.86. The Balaban J connectivity index is 0.000000391. The van der Waals surface area contributed by atoms with Gasteiger partial charge in [-0.1, -0.05) is 64.1 Å². The minimum atomic E-state index is -1.20. The van der Waals surface area contributed by atoms with Crippen LogP contribution < -0.4 is 0 Å². The van der Waals surface area contributed by atoms with Crippen LogP contribution in [0.4, 0.5) is 0 Å². The molecule has 0 aliphatic carbocycles. The highest BCUT2D eigenvalue weighted by molar-refractivity contribution is 5.87. The summed E-state index contributed by atoms with van der Waals surface area (Å²) in [4.78, 5) is 20.4. The van der Waals surface area contributed by atoms with Crippen molar-refractivity contribution >= 4 is 11.9 Å². The van der Waals surface area contributed by atoms with Crippen LogP contribution in [0.5, 0.6) is 0 Å². The van der Waals surface area contributed by atoms with E-state index in [1.807, 2.05) is 13.8 Å². The molecule has 2 aromatic rings. The molecule has 2 rings (SSSR count). The summed E-state index contributed by atoms with van der Waals surface area (Å²) in [6, 6.07) is 16.6. The molecule has 4 N–H and O–H groups in total. The predicted octanol–water partition coefficient (Wildman–Crippen LogP) is 4.14. The van der Waals surface area contributed by atoms with Crippen molar-refractivity contribution in [2.24, 2.45) is 11.3 Å². The maximum Gasteiger partial charge on any atom is 0.335 e. The molecule has 0 unspecified atom stereocenters. The minimum Gasteiger partial charge on any atom is -0.478 e. The summed E-state index contributed by atoms with van der Waals surface area (Å²) in [7, 11) is 0. The van der Waals surface area contributed by atoms with Crippen LogP contribution in [-0.4, -0.2) is 38.7 Å². The normalized spacial score (nSPS) is 10.4. The lowest BCUT2D eigenvalue weighted by atomic mass is 9.83. The van der Waals surface area contributed by atoms with Gasteiger partial charge in [0.1, 0.15) is 0 Å². The number of rotatable bonds is 5. The molecule has 0 saturated heterocycles. The van der Waals surface area contributed by atoms with Gasteiger partial charge in [0.15, 0.2) is 6.29 Å². The standard InChI is InChI=1S/C8H18O2.2C7H6O2/c1-6(2)5-8(3,4)7(9)10;2*8-7(9)6-4-2-1-3-5-6/h6-7,9-10H,5H2,1-4H3;2*1-5H,(H,8,9). The zero-order chi connectivity index (χ0) is 21.7. The number of benzene rings is 2. The van der Waals surface area contributed by atoms with Gasteiger partial charge in [0.25, 0.3) is 0 Å². The average Bonchev–Trinajstić information content (AvgIpc) is 2.63. The van der Waals surface area contributed by atoms with Gasteiger partial charge in [-0.15, -0.1) is 0 Å². The molecule has 0 radical (unpaired) electrons. The quantitative estimate of drug-likeness (QED) is 0.571. The lowest BCUT2D eigenvalue weighted by Gasteiger charge is -2.28. The van der Waals surface area contributed by atoms with E-state index in [4.69, 9.17) is 20.4 Å². The van der Waals surface area contributed by atoms with Crippen molar-refractivity contribution in [3.63, 3.8) is 0 Å². The van der Waals surface area contributed by atoms with Gasteiger partial charge < -0.3 is 20.4 Å². The summed E-state index contributed by atoms with van der Waals surface area (Å²) >= 11 is 0. The molecule has 0 atom stereocenters. The van der Waals surface area contributed by atoms with Crippen molar-refractivity contribution in [2.45, 2.75) is 40.4 Å². The molecule has 0 saturated carbocycles. The Labute approximate surface area is 166 Å². The average molecular weight is 390 g/mol. The van der Waals surface area contributed by atoms with Crippen LogP contribution in [0.3, 0.4) is 0 Å². The van der Waals surface area contributed by atoms with E-state index in [1.165, 1.54) is 0 Å². The molecule has 0 aliphatic heterocycles. The molecule has 0 bridgehead atoms. The third kappa shape index (κ3) is 11.1. The number of hydrogen-bond donors (Lipinski definition) is 4. The Bertz CT molecular complexity index is 644. The Hall–Kier alpha value is -2.70. The van der Waals surface area contributed by atoms with Gasteiger partial charge >= 0.3 is 11.9 Å². The van der Waals surface area contributed by atoms with E-state index in [0.29, 0.717) is 17.0 Å². The van der Waals surface area contributed by atoms with E-state index >= 15 is 0 Å². The molecule has 0 aliphatic rings. The monoisotopic (exact) mass is 390 g/mol. The lowest BCUT2D eigenvalue weighted by molar-refractivity contribution is -0.127. The van der Waals surface area contributed by atoms with Crippen molar-refractivity contribution in [1.29, 1.82) is 0 Å². The first kappa shape index (κ1) is 25.3. The van der Waals surface area contributed by atoms with Crippen molar-refractivity contribution in [3.8, 4) is 0 Å². The zero-order valence-corrected chi connectivity index (χ0v) is 16.7. The van der Waals surface area contributed by atoms with Gasteiger partial charge in [0.05, 0.1) is 11.1 Å². The molecule has 0 fully saturated rings. The maximum atomic E-state index is 10.2. The van der Waals surface area contributed by atoms with Gasteiger partial charge in [-0.2, -0.15) is 0 Å². The summed E-state index contributed by atoms with van der Waals surface area (Å²) in [6.07, 6.45) is -0.361. The second-order valence-electron chi connectivity index (χ2n) is 7.30. The fourth-order valence-electron chi connectivity index (χ4n) is 2.32. The molecule has 2 aromatic carbocycles. The van der Waals surface area contributed by atoms with E-state index in [0.717, 1.165) is 6.42 Å². The molecule has 0 spiro atoms. The Morgan fingerprint density at radius 1 is 0.786 bits per heavy atom. The maximum absolute atomic E-state index is 10.2. The molecule has 28 heavy (non-hydrogen) atoms. The number of carboxylic acids is 2. The first-order chi connectivity index (χ1) is 13.0. The number of hydrogen-bond acceptors (Lipinski definition) is 4. The molecule has 6 heteroatoms. The van der Waals surface area contributed by atoms with Gasteiger partial charge in [-0.05, 0) is 36.6 Å². The topological polar surface area (TPSA) is 115 Å². The first-order valence-corrected chi connectivity index (χ1v) is 8.90. The molecule has 0 amide bonds. The fraction of sp³-hybridized carbons (Fsp3) is 0.364. The molecule has 6 nitrogen and oxygen atoms in total. The number of carboxylic acid groups (broad SMARTS) is 2. The van der Waals surface area contributed by atoms with Crippen LogP contribution in [0.25, 0.3) is 0 Å². The van der Waals surface area contributed by atoms with E-state index in [2.05, 4.69) is 13.8 Å². The summed E-state index contributed by atoms with van der Waals surface area (Å²) in [5, 5.41) is 34.5. The molecule has 0 heterocycles. The minimum absolute atomic E-state index is 0.331. The van der Waals surface area contributed by atoms with Gasteiger partial charge in [-0.25, -0.2) is 9.59 Å². The number of aliphatic hydroxyl groups excluding tert-OH is 1. The van der Waals surface area contributed by atoms with Crippen LogP contribution >= 0.6 is 0 Å².